The highest BCUT2D eigenvalue weighted by atomic mass is 15.1. The molecule has 4 heteroatoms. The summed E-state index contributed by atoms with van der Waals surface area (Å²) >= 11 is 0. The van der Waals surface area contributed by atoms with E-state index in [0.717, 1.165) is 30.4 Å². The number of anilines is 2. The standard InChI is InChI=1S/C15H28N4/c1-8-15(6,7)19-12-10-11(16-9-2)17-13(18-12)14(3,4)5/h10H,8-9H2,1-7H3,(H2,16,17,18,19). The quantitative estimate of drug-likeness (QED) is 0.849. The molecule has 0 unspecified atom stereocenters. The lowest BCUT2D eigenvalue weighted by Gasteiger charge is -2.27. The van der Waals surface area contributed by atoms with E-state index in [2.05, 4.69) is 69.1 Å². The second-order valence-electron chi connectivity index (χ2n) is 6.60. The van der Waals surface area contributed by atoms with Crippen molar-refractivity contribution in [2.75, 3.05) is 17.2 Å². The SMILES string of the molecule is CCNc1cc(NC(C)(C)CC)nc(C(C)(C)C)n1. The average Bonchev–Trinajstić information content (AvgIpc) is 2.27. The highest BCUT2D eigenvalue weighted by molar-refractivity contribution is 5.49. The molecule has 4 nitrogen and oxygen atoms in total. The van der Waals surface area contributed by atoms with Crippen molar-refractivity contribution >= 4 is 11.6 Å². The zero-order chi connectivity index (χ0) is 14.7. The van der Waals surface area contributed by atoms with Gasteiger partial charge in [0.05, 0.1) is 0 Å². The van der Waals surface area contributed by atoms with Crippen molar-refractivity contribution in [3.8, 4) is 0 Å². The molecule has 19 heavy (non-hydrogen) atoms. The highest BCUT2D eigenvalue weighted by Crippen LogP contribution is 2.24. The normalized spacial score (nSPS) is 12.4. The molecule has 0 bridgehead atoms. The van der Waals surface area contributed by atoms with Gasteiger partial charge in [-0.05, 0) is 27.2 Å². The summed E-state index contributed by atoms with van der Waals surface area (Å²) in [5, 5.41) is 6.76. The summed E-state index contributed by atoms with van der Waals surface area (Å²) in [7, 11) is 0. The predicted molar refractivity (Wildman–Crippen MR) is 82.9 cm³/mol. The van der Waals surface area contributed by atoms with Crippen LogP contribution >= 0.6 is 0 Å². The number of aromatic nitrogens is 2. The van der Waals surface area contributed by atoms with E-state index in [1.807, 2.05) is 6.07 Å². The maximum absolute atomic E-state index is 4.66. The summed E-state index contributed by atoms with van der Waals surface area (Å²) in [5.41, 5.74) is -0.0226. The zero-order valence-electron chi connectivity index (χ0n) is 13.4. The van der Waals surface area contributed by atoms with Crippen LogP contribution in [0.25, 0.3) is 0 Å². The van der Waals surface area contributed by atoms with Gasteiger partial charge in [-0.1, -0.05) is 27.7 Å². The Morgan fingerprint density at radius 3 is 2.05 bits per heavy atom. The molecule has 0 aliphatic carbocycles. The molecule has 108 valence electrons. The first-order valence-electron chi connectivity index (χ1n) is 7.09. The largest absolute Gasteiger partial charge is 0.370 e. The van der Waals surface area contributed by atoms with E-state index in [-0.39, 0.29) is 11.0 Å². The molecule has 0 atom stereocenters. The topological polar surface area (TPSA) is 49.8 Å². The fourth-order valence-electron chi connectivity index (χ4n) is 1.55. The monoisotopic (exact) mass is 264 g/mol. The first-order chi connectivity index (χ1) is 8.68. The maximum Gasteiger partial charge on any atom is 0.138 e. The summed E-state index contributed by atoms with van der Waals surface area (Å²) in [6.07, 6.45) is 1.04. The predicted octanol–water partition coefficient (Wildman–Crippen LogP) is 3.81. The Balaban J connectivity index is 3.13. The summed E-state index contributed by atoms with van der Waals surface area (Å²) in [4.78, 5) is 9.25. The van der Waals surface area contributed by atoms with Gasteiger partial charge in [0.1, 0.15) is 17.5 Å². The Bertz CT molecular complexity index is 419. The van der Waals surface area contributed by atoms with E-state index in [1.165, 1.54) is 0 Å². The molecule has 0 aliphatic rings. The fraction of sp³-hybridized carbons (Fsp3) is 0.733. The maximum atomic E-state index is 4.66. The molecule has 0 radical (unpaired) electrons. The molecule has 0 aliphatic heterocycles. The fourth-order valence-corrected chi connectivity index (χ4v) is 1.55. The van der Waals surface area contributed by atoms with Crippen molar-refractivity contribution in [2.24, 2.45) is 0 Å². The number of nitrogens with zero attached hydrogens (tertiary/aromatic N) is 2. The van der Waals surface area contributed by atoms with Crippen LogP contribution in [0.5, 0.6) is 0 Å². The van der Waals surface area contributed by atoms with Crippen LogP contribution in [0.4, 0.5) is 11.6 Å². The number of hydrogen-bond donors (Lipinski definition) is 2. The summed E-state index contributed by atoms with van der Waals surface area (Å²) < 4.78 is 0. The Morgan fingerprint density at radius 1 is 1.00 bits per heavy atom. The van der Waals surface area contributed by atoms with Crippen molar-refractivity contribution in [3.63, 3.8) is 0 Å². The van der Waals surface area contributed by atoms with Crippen molar-refractivity contribution in [2.45, 2.75) is 65.8 Å². The first kappa shape index (κ1) is 15.7. The lowest BCUT2D eigenvalue weighted by Crippen LogP contribution is -2.31. The van der Waals surface area contributed by atoms with Gasteiger partial charge in [-0.2, -0.15) is 0 Å². The van der Waals surface area contributed by atoms with E-state index >= 15 is 0 Å². The number of hydrogen-bond acceptors (Lipinski definition) is 4. The smallest absolute Gasteiger partial charge is 0.138 e. The Kier molecular flexibility index (Phi) is 4.77. The van der Waals surface area contributed by atoms with E-state index in [9.17, 15) is 0 Å². The number of nitrogens with one attached hydrogen (secondary N) is 2. The van der Waals surface area contributed by atoms with Crippen LogP contribution in [0.3, 0.4) is 0 Å². The third-order valence-electron chi connectivity index (χ3n) is 3.11. The summed E-state index contributed by atoms with van der Waals surface area (Å²) in [6, 6.07) is 1.98. The minimum absolute atomic E-state index is 0.0347. The van der Waals surface area contributed by atoms with Crippen molar-refractivity contribution in [3.05, 3.63) is 11.9 Å². The van der Waals surface area contributed by atoms with Gasteiger partial charge < -0.3 is 10.6 Å². The molecule has 1 aromatic rings. The van der Waals surface area contributed by atoms with Crippen LogP contribution in [0.15, 0.2) is 6.07 Å². The Hall–Kier alpha value is -1.32. The lowest BCUT2D eigenvalue weighted by molar-refractivity contribution is 0.530. The summed E-state index contributed by atoms with van der Waals surface area (Å²) in [5.74, 6) is 2.64. The lowest BCUT2D eigenvalue weighted by atomic mass is 9.95. The summed E-state index contributed by atoms with van der Waals surface area (Å²) in [6.45, 7) is 15.9. The Labute approximate surface area is 117 Å². The van der Waals surface area contributed by atoms with Crippen LogP contribution < -0.4 is 10.6 Å². The molecule has 0 spiro atoms. The van der Waals surface area contributed by atoms with Gasteiger partial charge in [-0.15, -0.1) is 0 Å². The van der Waals surface area contributed by atoms with E-state index in [0.29, 0.717) is 0 Å². The molecule has 0 saturated carbocycles. The average molecular weight is 264 g/mol. The van der Waals surface area contributed by atoms with Gasteiger partial charge in [0.25, 0.3) is 0 Å². The third kappa shape index (κ3) is 4.69. The second kappa shape index (κ2) is 5.76. The third-order valence-corrected chi connectivity index (χ3v) is 3.11. The van der Waals surface area contributed by atoms with Gasteiger partial charge in [0, 0.05) is 23.6 Å². The highest BCUT2D eigenvalue weighted by Gasteiger charge is 2.21. The van der Waals surface area contributed by atoms with E-state index < -0.39 is 0 Å². The second-order valence-corrected chi connectivity index (χ2v) is 6.60. The molecule has 1 heterocycles. The van der Waals surface area contributed by atoms with Gasteiger partial charge in [0.15, 0.2) is 0 Å². The molecular formula is C15H28N4. The van der Waals surface area contributed by atoms with Crippen LogP contribution in [0.2, 0.25) is 0 Å². The van der Waals surface area contributed by atoms with Crippen LogP contribution in [-0.2, 0) is 5.41 Å². The molecule has 1 aromatic heterocycles. The van der Waals surface area contributed by atoms with E-state index in [1.54, 1.807) is 0 Å². The van der Waals surface area contributed by atoms with Gasteiger partial charge >= 0.3 is 0 Å². The molecule has 0 saturated heterocycles. The molecule has 2 N–H and O–H groups in total. The zero-order valence-corrected chi connectivity index (χ0v) is 13.4. The number of rotatable bonds is 5. The van der Waals surface area contributed by atoms with Gasteiger partial charge in [0.2, 0.25) is 0 Å². The minimum Gasteiger partial charge on any atom is -0.370 e. The minimum atomic E-state index is -0.0573. The molecule has 0 fully saturated rings. The van der Waals surface area contributed by atoms with Crippen molar-refractivity contribution in [1.29, 1.82) is 0 Å². The van der Waals surface area contributed by atoms with E-state index in [4.69, 9.17) is 0 Å². The van der Waals surface area contributed by atoms with Crippen LogP contribution in [0, 0.1) is 0 Å². The van der Waals surface area contributed by atoms with Gasteiger partial charge in [-0.25, -0.2) is 9.97 Å². The Morgan fingerprint density at radius 2 is 1.58 bits per heavy atom. The molecule has 1 rings (SSSR count). The first-order valence-corrected chi connectivity index (χ1v) is 7.09. The molecular weight excluding hydrogens is 236 g/mol. The van der Waals surface area contributed by atoms with Crippen molar-refractivity contribution in [1.82, 2.24) is 9.97 Å². The molecule has 0 aromatic carbocycles. The molecule has 0 amide bonds. The van der Waals surface area contributed by atoms with Crippen LogP contribution in [0.1, 0.15) is 60.7 Å². The van der Waals surface area contributed by atoms with Crippen LogP contribution in [-0.4, -0.2) is 22.1 Å². The van der Waals surface area contributed by atoms with Gasteiger partial charge in [-0.3, -0.25) is 0 Å². The van der Waals surface area contributed by atoms with Crippen molar-refractivity contribution < 1.29 is 0 Å².